The molecule has 1 aromatic heterocycles. The highest BCUT2D eigenvalue weighted by molar-refractivity contribution is 7.80. The molecule has 0 amide bonds. The Morgan fingerprint density at radius 1 is 0.906 bits per heavy atom. The van der Waals surface area contributed by atoms with E-state index in [2.05, 4.69) is 33.0 Å². The maximum Gasteiger partial charge on any atom is 0.225 e. The summed E-state index contributed by atoms with van der Waals surface area (Å²) in [6.07, 6.45) is 11.5. The van der Waals surface area contributed by atoms with Gasteiger partial charge in [0.15, 0.2) is 5.11 Å². The molecule has 2 aromatic rings. The summed E-state index contributed by atoms with van der Waals surface area (Å²) in [6, 6.07) is 8.65. The van der Waals surface area contributed by atoms with Gasteiger partial charge >= 0.3 is 0 Å². The SMILES string of the molecule is CN(C)c1nc(N[C@H]2CC[C@@H](CNC(=S)NCC3CCCCC3)CC2)nc2ccccc12. The molecule has 6 nitrogen and oxygen atoms in total. The molecule has 0 radical (unpaired) electrons. The molecule has 0 unspecified atom stereocenters. The number of para-hydroxylation sites is 1. The highest BCUT2D eigenvalue weighted by atomic mass is 32.1. The first-order valence-corrected chi connectivity index (χ1v) is 12.7. The average molecular weight is 455 g/mol. The van der Waals surface area contributed by atoms with E-state index in [1.807, 2.05) is 26.2 Å². The number of rotatable bonds is 7. The predicted molar refractivity (Wildman–Crippen MR) is 138 cm³/mol. The van der Waals surface area contributed by atoms with Crippen molar-refractivity contribution in [2.24, 2.45) is 11.8 Å². The zero-order chi connectivity index (χ0) is 22.3. The van der Waals surface area contributed by atoms with Crippen LogP contribution in [0.25, 0.3) is 10.9 Å². The van der Waals surface area contributed by atoms with Gasteiger partial charge in [0.1, 0.15) is 5.82 Å². The second kappa shape index (κ2) is 11.1. The molecule has 1 heterocycles. The van der Waals surface area contributed by atoms with Crippen LogP contribution in [0.5, 0.6) is 0 Å². The molecule has 4 rings (SSSR count). The molecule has 0 bridgehead atoms. The summed E-state index contributed by atoms with van der Waals surface area (Å²) < 4.78 is 0. The van der Waals surface area contributed by atoms with Crippen LogP contribution in [0.2, 0.25) is 0 Å². The van der Waals surface area contributed by atoms with E-state index in [1.54, 1.807) is 0 Å². The third kappa shape index (κ3) is 6.21. The van der Waals surface area contributed by atoms with Crippen molar-refractivity contribution in [1.29, 1.82) is 0 Å². The Bertz CT molecular complexity index is 887. The molecule has 32 heavy (non-hydrogen) atoms. The van der Waals surface area contributed by atoms with E-state index in [1.165, 1.54) is 44.9 Å². The summed E-state index contributed by atoms with van der Waals surface area (Å²) in [5, 5.41) is 12.4. The number of hydrogen-bond donors (Lipinski definition) is 3. The number of nitrogens with zero attached hydrogens (tertiary/aromatic N) is 3. The second-order valence-corrected chi connectivity index (χ2v) is 10.1. The molecule has 0 atom stereocenters. The van der Waals surface area contributed by atoms with Gasteiger partial charge in [-0.15, -0.1) is 0 Å². The molecule has 7 heteroatoms. The minimum atomic E-state index is 0.429. The topological polar surface area (TPSA) is 65.1 Å². The highest BCUT2D eigenvalue weighted by Crippen LogP contribution is 2.28. The number of hydrogen-bond acceptors (Lipinski definition) is 5. The lowest BCUT2D eigenvalue weighted by molar-refractivity contribution is 0.334. The summed E-state index contributed by atoms with van der Waals surface area (Å²) in [5.74, 6) is 3.18. The van der Waals surface area contributed by atoms with Crippen LogP contribution in [-0.4, -0.2) is 48.3 Å². The Labute approximate surface area is 198 Å². The van der Waals surface area contributed by atoms with E-state index in [0.717, 1.165) is 59.6 Å². The van der Waals surface area contributed by atoms with Crippen molar-refractivity contribution in [3.05, 3.63) is 24.3 Å². The quantitative estimate of drug-likeness (QED) is 0.524. The number of fused-ring (bicyclic) bond motifs is 1. The van der Waals surface area contributed by atoms with Gasteiger partial charge in [-0.2, -0.15) is 4.98 Å². The summed E-state index contributed by atoms with van der Waals surface area (Å²) >= 11 is 5.52. The predicted octanol–water partition coefficient (Wildman–Crippen LogP) is 4.71. The van der Waals surface area contributed by atoms with E-state index in [-0.39, 0.29) is 0 Å². The van der Waals surface area contributed by atoms with Gasteiger partial charge < -0.3 is 20.9 Å². The fourth-order valence-corrected chi connectivity index (χ4v) is 5.25. The summed E-state index contributed by atoms with van der Waals surface area (Å²) in [7, 11) is 4.07. The van der Waals surface area contributed by atoms with Gasteiger partial charge in [0.05, 0.1) is 5.52 Å². The molecule has 2 aliphatic rings. The van der Waals surface area contributed by atoms with Gasteiger partial charge in [-0.25, -0.2) is 4.98 Å². The van der Waals surface area contributed by atoms with Crippen molar-refractivity contribution in [1.82, 2.24) is 20.6 Å². The molecule has 0 spiro atoms. The van der Waals surface area contributed by atoms with Crippen LogP contribution in [0.4, 0.5) is 11.8 Å². The van der Waals surface area contributed by atoms with Gasteiger partial charge in [-0.1, -0.05) is 31.4 Å². The van der Waals surface area contributed by atoms with Crippen LogP contribution in [0.3, 0.4) is 0 Å². The van der Waals surface area contributed by atoms with Crippen molar-refractivity contribution in [2.75, 3.05) is 37.4 Å². The number of nitrogens with one attached hydrogen (secondary N) is 3. The van der Waals surface area contributed by atoms with E-state index >= 15 is 0 Å². The third-order valence-corrected chi connectivity index (χ3v) is 7.30. The average Bonchev–Trinajstić information content (AvgIpc) is 2.82. The number of thiocarbonyl (C=S) groups is 1. The summed E-state index contributed by atoms with van der Waals surface area (Å²) in [6.45, 7) is 2.00. The van der Waals surface area contributed by atoms with Gasteiger partial charge in [0.2, 0.25) is 5.95 Å². The second-order valence-electron chi connectivity index (χ2n) is 9.74. The van der Waals surface area contributed by atoms with Crippen LogP contribution in [0.1, 0.15) is 57.8 Å². The van der Waals surface area contributed by atoms with Gasteiger partial charge in [-0.05, 0) is 74.7 Å². The molecule has 2 fully saturated rings. The molecular weight excluding hydrogens is 416 g/mol. The number of anilines is 2. The van der Waals surface area contributed by atoms with E-state index in [4.69, 9.17) is 22.2 Å². The van der Waals surface area contributed by atoms with Crippen LogP contribution in [0.15, 0.2) is 24.3 Å². The van der Waals surface area contributed by atoms with Crippen molar-refractivity contribution in [2.45, 2.75) is 63.8 Å². The molecule has 3 N–H and O–H groups in total. The van der Waals surface area contributed by atoms with Gasteiger partial charge in [0.25, 0.3) is 0 Å². The van der Waals surface area contributed by atoms with Crippen molar-refractivity contribution in [3.8, 4) is 0 Å². The lowest BCUT2D eigenvalue weighted by Gasteiger charge is -2.30. The first-order valence-electron chi connectivity index (χ1n) is 12.3. The molecule has 174 valence electrons. The maximum absolute atomic E-state index is 5.52. The fraction of sp³-hybridized carbons (Fsp3) is 0.640. The first kappa shape index (κ1) is 23.0. The van der Waals surface area contributed by atoms with Crippen LogP contribution in [0, 0.1) is 11.8 Å². The number of aromatic nitrogens is 2. The minimum absolute atomic E-state index is 0.429. The van der Waals surface area contributed by atoms with Crippen LogP contribution >= 0.6 is 12.2 Å². The van der Waals surface area contributed by atoms with E-state index in [0.29, 0.717) is 12.0 Å². The molecule has 2 saturated carbocycles. The van der Waals surface area contributed by atoms with Gasteiger partial charge in [-0.3, -0.25) is 0 Å². The smallest absolute Gasteiger partial charge is 0.225 e. The fourth-order valence-electron chi connectivity index (χ4n) is 5.09. The van der Waals surface area contributed by atoms with Crippen LogP contribution in [-0.2, 0) is 0 Å². The largest absolute Gasteiger partial charge is 0.362 e. The zero-order valence-corrected chi connectivity index (χ0v) is 20.4. The van der Waals surface area contributed by atoms with E-state index < -0.39 is 0 Å². The van der Waals surface area contributed by atoms with Crippen molar-refractivity contribution in [3.63, 3.8) is 0 Å². The lowest BCUT2D eigenvalue weighted by Crippen LogP contribution is -2.41. The Hall–Kier alpha value is -2.15. The Morgan fingerprint density at radius 2 is 1.56 bits per heavy atom. The summed E-state index contributed by atoms with van der Waals surface area (Å²) in [5.41, 5.74) is 0.987. The Kier molecular flexibility index (Phi) is 8.00. The van der Waals surface area contributed by atoms with E-state index in [9.17, 15) is 0 Å². The summed E-state index contributed by atoms with van der Waals surface area (Å²) in [4.78, 5) is 11.6. The lowest BCUT2D eigenvalue weighted by atomic mass is 9.86. The monoisotopic (exact) mass is 454 g/mol. The number of benzene rings is 1. The molecule has 2 aliphatic carbocycles. The third-order valence-electron chi connectivity index (χ3n) is 7.01. The first-order chi connectivity index (χ1) is 15.6. The van der Waals surface area contributed by atoms with Crippen molar-refractivity contribution >= 4 is 40.0 Å². The Balaban J connectivity index is 1.21. The molecule has 0 aliphatic heterocycles. The van der Waals surface area contributed by atoms with Crippen molar-refractivity contribution < 1.29 is 0 Å². The highest BCUT2D eigenvalue weighted by Gasteiger charge is 2.22. The molecule has 1 aromatic carbocycles. The maximum atomic E-state index is 5.52. The minimum Gasteiger partial charge on any atom is -0.362 e. The molecule has 0 saturated heterocycles. The normalized spacial score (nSPS) is 21.8. The molecular formula is C25H38N6S. The van der Waals surface area contributed by atoms with Gasteiger partial charge in [0, 0.05) is 38.6 Å². The zero-order valence-electron chi connectivity index (χ0n) is 19.6. The standard InChI is InChI=1S/C25H38N6S/c1-31(2)23-21-10-6-7-11-22(21)29-24(30-23)28-20-14-12-19(13-15-20)17-27-25(32)26-16-18-8-4-3-5-9-18/h6-7,10-11,18-20H,3-5,8-9,12-17H2,1-2H3,(H2,26,27,32)(H,28,29,30)/t19-,20+. The Morgan fingerprint density at radius 3 is 2.25 bits per heavy atom. The van der Waals surface area contributed by atoms with Crippen LogP contribution < -0.4 is 20.9 Å².